The van der Waals surface area contributed by atoms with Gasteiger partial charge < -0.3 is 9.73 Å². The van der Waals surface area contributed by atoms with Crippen LogP contribution in [0.5, 0.6) is 0 Å². The summed E-state index contributed by atoms with van der Waals surface area (Å²) < 4.78 is 7.45. The fourth-order valence-corrected chi connectivity index (χ4v) is 2.27. The third kappa shape index (κ3) is 3.31. The van der Waals surface area contributed by atoms with Crippen molar-refractivity contribution >= 4 is 5.69 Å². The van der Waals surface area contributed by atoms with Crippen LogP contribution in [-0.4, -0.2) is 14.8 Å². The van der Waals surface area contributed by atoms with Crippen molar-refractivity contribution in [2.75, 3.05) is 5.32 Å². The van der Waals surface area contributed by atoms with Gasteiger partial charge in [-0.05, 0) is 43.7 Å². The minimum Gasteiger partial charge on any atom is -0.464 e. The van der Waals surface area contributed by atoms with Gasteiger partial charge in [-0.1, -0.05) is 12.1 Å². The topological polar surface area (TPSA) is 55.9 Å². The van der Waals surface area contributed by atoms with E-state index in [-0.39, 0.29) is 6.04 Å². The second-order valence-electron chi connectivity index (χ2n) is 5.11. The minimum atomic E-state index is 0.125. The predicted octanol–water partition coefficient (Wildman–Crippen LogP) is 3.40. The van der Waals surface area contributed by atoms with Crippen LogP contribution in [0.1, 0.15) is 30.0 Å². The van der Waals surface area contributed by atoms with Crippen LogP contribution in [0.15, 0.2) is 53.5 Å². The van der Waals surface area contributed by atoms with Crippen LogP contribution in [0.3, 0.4) is 0 Å². The summed E-state index contributed by atoms with van der Waals surface area (Å²) in [5.41, 5.74) is 2.24. The molecule has 1 N–H and O–H groups in total. The number of anilines is 1. The van der Waals surface area contributed by atoms with E-state index < -0.39 is 0 Å². The summed E-state index contributed by atoms with van der Waals surface area (Å²) >= 11 is 0. The second kappa shape index (κ2) is 5.83. The first-order valence-corrected chi connectivity index (χ1v) is 6.95. The molecule has 0 aliphatic rings. The van der Waals surface area contributed by atoms with Crippen LogP contribution in [-0.2, 0) is 6.54 Å². The molecule has 0 saturated carbocycles. The molecule has 0 aliphatic carbocycles. The molecular formula is C16H18N4O. The Kier molecular flexibility index (Phi) is 3.73. The first kappa shape index (κ1) is 13.4. The zero-order valence-corrected chi connectivity index (χ0v) is 12.2. The van der Waals surface area contributed by atoms with Gasteiger partial charge >= 0.3 is 0 Å². The Balaban J connectivity index is 1.71. The van der Waals surface area contributed by atoms with Gasteiger partial charge in [-0.15, -0.1) is 0 Å². The van der Waals surface area contributed by atoms with Gasteiger partial charge in [0.05, 0.1) is 12.6 Å². The summed E-state index contributed by atoms with van der Waals surface area (Å²) in [6, 6.07) is 12.4. The Morgan fingerprint density at radius 1 is 1.29 bits per heavy atom. The molecule has 1 unspecified atom stereocenters. The standard InChI is InChI=1S/C16H18N4O/c1-12-6-7-16(21-12)13(2)19-15-5-3-4-14(8-15)9-20-11-17-10-18-20/h3-8,10-11,13,19H,9H2,1-2H3. The van der Waals surface area contributed by atoms with Crippen LogP contribution in [0.2, 0.25) is 0 Å². The van der Waals surface area contributed by atoms with Crippen LogP contribution >= 0.6 is 0 Å². The van der Waals surface area contributed by atoms with Crippen LogP contribution in [0.4, 0.5) is 5.69 Å². The van der Waals surface area contributed by atoms with Gasteiger partial charge in [-0.3, -0.25) is 0 Å². The van der Waals surface area contributed by atoms with Crippen LogP contribution < -0.4 is 5.32 Å². The Bertz CT molecular complexity index is 703. The number of hydrogen-bond acceptors (Lipinski definition) is 4. The molecule has 0 amide bonds. The maximum atomic E-state index is 5.65. The molecule has 5 nitrogen and oxygen atoms in total. The van der Waals surface area contributed by atoms with E-state index in [0.717, 1.165) is 17.2 Å². The van der Waals surface area contributed by atoms with Gasteiger partial charge in [0.25, 0.3) is 0 Å². The molecule has 0 radical (unpaired) electrons. The van der Waals surface area contributed by atoms with E-state index in [4.69, 9.17) is 4.42 Å². The van der Waals surface area contributed by atoms with Gasteiger partial charge in [0.15, 0.2) is 0 Å². The Hall–Kier alpha value is -2.56. The lowest BCUT2D eigenvalue weighted by Crippen LogP contribution is -2.06. The maximum Gasteiger partial charge on any atom is 0.137 e. The van der Waals surface area contributed by atoms with E-state index in [9.17, 15) is 0 Å². The molecule has 2 heterocycles. The number of nitrogens with one attached hydrogen (secondary N) is 1. The smallest absolute Gasteiger partial charge is 0.137 e. The van der Waals surface area contributed by atoms with Crippen molar-refractivity contribution < 1.29 is 4.42 Å². The molecule has 0 bridgehead atoms. The normalized spacial score (nSPS) is 12.3. The van der Waals surface area contributed by atoms with E-state index in [1.54, 1.807) is 17.3 Å². The minimum absolute atomic E-state index is 0.125. The lowest BCUT2D eigenvalue weighted by Gasteiger charge is -2.14. The van der Waals surface area contributed by atoms with E-state index >= 15 is 0 Å². The number of rotatable bonds is 5. The molecule has 2 aromatic heterocycles. The summed E-state index contributed by atoms with van der Waals surface area (Å²) in [7, 11) is 0. The molecule has 1 atom stereocenters. The molecule has 0 saturated heterocycles. The number of hydrogen-bond donors (Lipinski definition) is 1. The largest absolute Gasteiger partial charge is 0.464 e. The highest BCUT2D eigenvalue weighted by atomic mass is 16.3. The number of aromatic nitrogens is 3. The lowest BCUT2D eigenvalue weighted by molar-refractivity contribution is 0.467. The van der Waals surface area contributed by atoms with Crippen molar-refractivity contribution in [1.82, 2.24) is 14.8 Å². The lowest BCUT2D eigenvalue weighted by atomic mass is 10.1. The predicted molar refractivity (Wildman–Crippen MR) is 81.0 cm³/mol. The third-order valence-corrected chi connectivity index (χ3v) is 3.31. The van der Waals surface area contributed by atoms with Crippen LogP contribution in [0, 0.1) is 6.92 Å². The fraction of sp³-hybridized carbons (Fsp3) is 0.250. The zero-order valence-electron chi connectivity index (χ0n) is 12.2. The van der Waals surface area contributed by atoms with Crippen molar-refractivity contribution in [3.05, 3.63) is 66.1 Å². The molecule has 108 valence electrons. The summed E-state index contributed by atoms with van der Waals surface area (Å²) in [5, 5.41) is 7.58. The SMILES string of the molecule is Cc1ccc(C(C)Nc2cccc(Cn3cncn3)c2)o1. The van der Waals surface area contributed by atoms with E-state index in [0.29, 0.717) is 6.54 Å². The van der Waals surface area contributed by atoms with Crippen molar-refractivity contribution in [2.45, 2.75) is 26.4 Å². The molecule has 0 aliphatic heterocycles. The highest BCUT2D eigenvalue weighted by Crippen LogP contribution is 2.21. The third-order valence-electron chi connectivity index (χ3n) is 3.31. The number of benzene rings is 1. The van der Waals surface area contributed by atoms with Gasteiger partial charge in [-0.25, -0.2) is 9.67 Å². The fourth-order valence-electron chi connectivity index (χ4n) is 2.27. The van der Waals surface area contributed by atoms with E-state index in [1.165, 1.54) is 5.56 Å². The number of aryl methyl sites for hydroxylation is 1. The molecule has 5 heteroatoms. The van der Waals surface area contributed by atoms with E-state index in [2.05, 4.69) is 40.5 Å². The van der Waals surface area contributed by atoms with Gasteiger partial charge in [-0.2, -0.15) is 5.10 Å². The molecule has 0 fully saturated rings. The number of furan rings is 1. The Morgan fingerprint density at radius 3 is 2.90 bits per heavy atom. The first-order valence-electron chi connectivity index (χ1n) is 6.95. The molecule has 3 rings (SSSR count). The second-order valence-corrected chi connectivity index (χ2v) is 5.11. The molecular weight excluding hydrogens is 264 g/mol. The van der Waals surface area contributed by atoms with Crippen molar-refractivity contribution in [3.8, 4) is 0 Å². The highest BCUT2D eigenvalue weighted by Gasteiger charge is 2.09. The van der Waals surface area contributed by atoms with Gasteiger partial charge in [0.2, 0.25) is 0 Å². The first-order chi connectivity index (χ1) is 10.2. The molecule has 21 heavy (non-hydrogen) atoms. The van der Waals surface area contributed by atoms with Crippen molar-refractivity contribution in [2.24, 2.45) is 0 Å². The zero-order chi connectivity index (χ0) is 14.7. The molecule has 3 aromatic rings. The van der Waals surface area contributed by atoms with Crippen molar-refractivity contribution in [3.63, 3.8) is 0 Å². The quantitative estimate of drug-likeness (QED) is 0.779. The highest BCUT2D eigenvalue weighted by molar-refractivity contribution is 5.47. The maximum absolute atomic E-state index is 5.65. The number of nitrogens with zero attached hydrogens (tertiary/aromatic N) is 3. The Morgan fingerprint density at radius 2 is 2.19 bits per heavy atom. The summed E-state index contributed by atoms with van der Waals surface area (Å²) in [6.07, 6.45) is 3.26. The summed E-state index contributed by atoms with van der Waals surface area (Å²) in [5.74, 6) is 1.87. The van der Waals surface area contributed by atoms with Gasteiger partial charge in [0, 0.05) is 5.69 Å². The molecule has 1 aromatic carbocycles. The van der Waals surface area contributed by atoms with E-state index in [1.807, 2.05) is 25.1 Å². The summed E-state index contributed by atoms with van der Waals surface area (Å²) in [6.45, 7) is 4.75. The monoisotopic (exact) mass is 282 g/mol. The Labute approximate surface area is 123 Å². The molecule has 0 spiro atoms. The average molecular weight is 282 g/mol. The van der Waals surface area contributed by atoms with Gasteiger partial charge in [0.1, 0.15) is 24.2 Å². The van der Waals surface area contributed by atoms with Crippen LogP contribution in [0.25, 0.3) is 0 Å². The average Bonchev–Trinajstić information content (AvgIpc) is 3.11. The summed E-state index contributed by atoms with van der Waals surface area (Å²) in [4.78, 5) is 3.95. The van der Waals surface area contributed by atoms with Crippen molar-refractivity contribution in [1.29, 1.82) is 0 Å².